The Morgan fingerprint density at radius 3 is 3.00 bits per heavy atom. The lowest BCUT2D eigenvalue weighted by atomic mass is 10.1. The summed E-state index contributed by atoms with van der Waals surface area (Å²) in [5.41, 5.74) is 0.937. The Labute approximate surface area is 90.8 Å². The van der Waals surface area contributed by atoms with Gasteiger partial charge in [-0.15, -0.1) is 0 Å². The number of aliphatic hydroxyl groups is 1. The maximum Gasteiger partial charge on any atom is 0.134 e. The fraction of sp³-hybridized carbons (Fsp3) is 0.583. The molecule has 82 valence electrons. The lowest BCUT2D eigenvalue weighted by molar-refractivity contribution is 0.199. The molecule has 1 saturated heterocycles. The van der Waals surface area contributed by atoms with Crippen LogP contribution in [0.3, 0.4) is 0 Å². The van der Waals surface area contributed by atoms with Gasteiger partial charge >= 0.3 is 0 Å². The van der Waals surface area contributed by atoms with E-state index in [9.17, 15) is 5.11 Å². The van der Waals surface area contributed by atoms with Crippen molar-refractivity contribution in [1.29, 1.82) is 0 Å². The summed E-state index contributed by atoms with van der Waals surface area (Å²) < 4.78 is 0. The Balaban J connectivity index is 2.27. The van der Waals surface area contributed by atoms with E-state index in [4.69, 9.17) is 0 Å². The average molecular weight is 206 g/mol. The summed E-state index contributed by atoms with van der Waals surface area (Å²) in [5.74, 6) is 1.69. The zero-order valence-corrected chi connectivity index (χ0v) is 9.35. The second kappa shape index (κ2) is 4.19. The van der Waals surface area contributed by atoms with E-state index in [-0.39, 0.29) is 0 Å². The fourth-order valence-corrected chi connectivity index (χ4v) is 2.13. The van der Waals surface area contributed by atoms with E-state index in [0.29, 0.717) is 0 Å². The molecule has 0 aliphatic carbocycles. The maximum atomic E-state index is 9.66. The SMILES string of the molecule is CC1CCN(c2ncccc2[C@H](C)O)C1. The van der Waals surface area contributed by atoms with Crippen LogP contribution in [0, 0.1) is 5.92 Å². The third-order valence-electron chi connectivity index (χ3n) is 2.99. The molecule has 1 aliphatic heterocycles. The lowest BCUT2D eigenvalue weighted by Gasteiger charge is -2.21. The molecule has 2 heterocycles. The molecule has 15 heavy (non-hydrogen) atoms. The number of rotatable bonds is 2. The van der Waals surface area contributed by atoms with Crippen LogP contribution in [-0.4, -0.2) is 23.2 Å². The number of pyridine rings is 1. The smallest absolute Gasteiger partial charge is 0.134 e. The summed E-state index contributed by atoms with van der Waals surface area (Å²) >= 11 is 0. The number of hydrogen-bond donors (Lipinski definition) is 1. The fourth-order valence-electron chi connectivity index (χ4n) is 2.13. The number of aromatic nitrogens is 1. The summed E-state index contributed by atoms with van der Waals surface area (Å²) in [7, 11) is 0. The third kappa shape index (κ3) is 2.12. The van der Waals surface area contributed by atoms with E-state index in [1.54, 1.807) is 13.1 Å². The number of aliphatic hydroxyl groups excluding tert-OH is 1. The highest BCUT2D eigenvalue weighted by atomic mass is 16.3. The van der Waals surface area contributed by atoms with E-state index in [2.05, 4.69) is 16.8 Å². The normalized spacial score (nSPS) is 23.1. The van der Waals surface area contributed by atoms with Gasteiger partial charge in [0.1, 0.15) is 5.82 Å². The second-order valence-corrected chi connectivity index (χ2v) is 4.43. The zero-order valence-electron chi connectivity index (χ0n) is 9.35. The molecule has 2 atom stereocenters. The quantitative estimate of drug-likeness (QED) is 0.803. The lowest BCUT2D eigenvalue weighted by Crippen LogP contribution is -2.22. The molecule has 0 spiro atoms. The molecule has 1 aliphatic rings. The molecule has 0 aromatic carbocycles. The van der Waals surface area contributed by atoms with Gasteiger partial charge in [-0.1, -0.05) is 13.0 Å². The largest absolute Gasteiger partial charge is 0.389 e. The highest BCUT2D eigenvalue weighted by Gasteiger charge is 2.22. The minimum Gasteiger partial charge on any atom is -0.389 e. The van der Waals surface area contributed by atoms with Crippen molar-refractivity contribution in [2.24, 2.45) is 5.92 Å². The highest BCUT2D eigenvalue weighted by molar-refractivity contribution is 5.48. The molecule has 1 unspecified atom stereocenters. The Morgan fingerprint density at radius 2 is 2.40 bits per heavy atom. The van der Waals surface area contributed by atoms with Crippen LogP contribution in [0.2, 0.25) is 0 Å². The van der Waals surface area contributed by atoms with Crippen molar-refractivity contribution >= 4 is 5.82 Å². The first-order chi connectivity index (χ1) is 7.18. The third-order valence-corrected chi connectivity index (χ3v) is 2.99. The van der Waals surface area contributed by atoms with E-state index in [1.165, 1.54) is 6.42 Å². The minimum atomic E-state index is -0.440. The van der Waals surface area contributed by atoms with Crippen LogP contribution < -0.4 is 4.90 Å². The summed E-state index contributed by atoms with van der Waals surface area (Å²) in [6.07, 6.45) is 2.57. The molecule has 3 heteroatoms. The predicted molar refractivity (Wildman–Crippen MR) is 60.9 cm³/mol. The summed E-state index contributed by atoms with van der Waals surface area (Å²) in [6, 6.07) is 3.83. The molecule has 0 radical (unpaired) electrons. The van der Waals surface area contributed by atoms with E-state index in [1.807, 2.05) is 12.1 Å². The first-order valence-corrected chi connectivity index (χ1v) is 5.56. The van der Waals surface area contributed by atoms with Gasteiger partial charge < -0.3 is 10.0 Å². The van der Waals surface area contributed by atoms with Crippen molar-refractivity contribution in [3.8, 4) is 0 Å². The van der Waals surface area contributed by atoms with Gasteiger partial charge in [0.25, 0.3) is 0 Å². The van der Waals surface area contributed by atoms with Crippen LogP contribution in [-0.2, 0) is 0 Å². The number of anilines is 1. The molecular weight excluding hydrogens is 188 g/mol. The van der Waals surface area contributed by atoms with Gasteiger partial charge in [0.2, 0.25) is 0 Å². The first-order valence-electron chi connectivity index (χ1n) is 5.56. The molecule has 0 amide bonds. The Bertz CT molecular complexity index is 338. The maximum absolute atomic E-state index is 9.66. The molecular formula is C12H18N2O. The van der Waals surface area contributed by atoms with Gasteiger partial charge in [-0.25, -0.2) is 4.98 Å². The van der Waals surface area contributed by atoms with Crippen LogP contribution in [0.15, 0.2) is 18.3 Å². The molecule has 1 aromatic rings. The van der Waals surface area contributed by atoms with Crippen LogP contribution in [0.1, 0.15) is 31.9 Å². The molecule has 0 bridgehead atoms. The van der Waals surface area contributed by atoms with Gasteiger partial charge in [0, 0.05) is 24.8 Å². The van der Waals surface area contributed by atoms with Crippen molar-refractivity contribution in [1.82, 2.24) is 4.98 Å². The van der Waals surface area contributed by atoms with Crippen molar-refractivity contribution in [2.75, 3.05) is 18.0 Å². The molecule has 2 rings (SSSR count). The molecule has 0 saturated carbocycles. The summed E-state index contributed by atoms with van der Waals surface area (Å²) in [6.45, 7) is 6.15. The highest BCUT2D eigenvalue weighted by Crippen LogP contribution is 2.28. The molecule has 1 fully saturated rings. The number of hydrogen-bond acceptors (Lipinski definition) is 3. The number of nitrogens with zero attached hydrogens (tertiary/aromatic N) is 2. The van der Waals surface area contributed by atoms with Gasteiger partial charge in [-0.3, -0.25) is 0 Å². The molecule has 3 nitrogen and oxygen atoms in total. The second-order valence-electron chi connectivity index (χ2n) is 4.43. The molecule has 1 aromatic heterocycles. The van der Waals surface area contributed by atoms with Crippen molar-refractivity contribution in [3.05, 3.63) is 23.9 Å². The minimum absolute atomic E-state index is 0.440. The zero-order chi connectivity index (χ0) is 10.8. The monoisotopic (exact) mass is 206 g/mol. The van der Waals surface area contributed by atoms with Crippen LogP contribution in [0.25, 0.3) is 0 Å². The van der Waals surface area contributed by atoms with E-state index in [0.717, 1.165) is 30.4 Å². The molecule has 1 N–H and O–H groups in total. The Morgan fingerprint density at radius 1 is 1.60 bits per heavy atom. The van der Waals surface area contributed by atoms with E-state index < -0.39 is 6.10 Å². The Kier molecular flexibility index (Phi) is 2.91. The van der Waals surface area contributed by atoms with Crippen molar-refractivity contribution < 1.29 is 5.11 Å². The van der Waals surface area contributed by atoms with Crippen molar-refractivity contribution in [3.63, 3.8) is 0 Å². The summed E-state index contributed by atoms with van der Waals surface area (Å²) in [5, 5.41) is 9.66. The standard InChI is InChI=1S/C12H18N2O/c1-9-5-7-14(8-9)12-11(10(2)15)4-3-6-13-12/h3-4,6,9-10,15H,5,7-8H2,1-2H3/t9?,10-/m0/s1. The summed E-state index contributed by atoms with van der Waals surface area (Å²) in [4.78, 5) is 6.65. The van der Waals surface area contributed by atoms with Crippen LogP contribution >= 0.6 is 0 Å². The average Bonchev–Trinajstić information content (AvgIpc) is 2.65. The van der Waals surface area contributed by atoms with Crippen LogP contribution in [0.4, 0.5) is 5.82 Å². The first kappa shape index (κ1) is 10.4. The Hall–Kier alpha value is -1.09. The van der Waals surface area contributed by atoms with E-state index >= 15 is 0 Å². The topological polar surface area (TPSA) is 36.4 Å². The van der Waals surface area contributed by atoms with Crippen molar-refractivity contribution in [2.45, 2.75) is 26.4 Å². The van der Waals surface area contributed by atoms with Gasteiger partial charge in [0.05, 0.1) is 6.10 Å². The van der Waals surface area contributed by atoms with Crippen LogP contribution in [0.5, 0.6) is 0 Å². The predicted octanol–water partition coefficient (Wildman–Crippen LogP) is 1.98. The van der Waals surface area contributed by atoms with Gasteiger partial charge in [0.15, 0.2) is 0 Å². The van der Waals surface area contributed by atoms with Gasteiger partial charge in [-0.2, -0.15) is 0 Å². The van der Waals surface area contributed by atoms with Gasteiger partial charge in [-0.05, 0) is 25.3 Å².